The summed E-state index contributed by atoms with van der Waals surface area (Å²) in [6.45, 7) is 5.34. The summed E-state index contributed by atoms with van der Waals surface area (Å²) in [5, 5.41) is 4.56. The highest BCUT2D eigenvalue weighted by Gasteiger charge is 2.19. The van der Waals surface area contributed by atoms with Gasteiger partial charge in [0.2, 0.25) is 0 Å². The molecule has 4 heteroatoms. The van der Waals surface area contributed by atoms with E-state index in [-0.39, 0.29) is 5.92 Å². The number of aromatic nitrogens is 4. The van der Waals surface area contributed by atoms with Gasteiger partial charge in [0.25, 0.3) is 0 Å². The van der Waals surface area contributed by atoms with Crippen LogP contribution in [0.15, 0.2) is 85.5 Å². The molecule has 4 nitrogen and oxygen atoms in total. The highest BCUT2D eigenvalue weighted by Crippen LogP contribution is 2.31. The third-order valence-electron chi connectivity index (χ3n) is 5.03. The van der Waals surface area contributed by atoms with Crippen LogP contribution in [0.2, 0.25) is 0 Å². The maximum Gasteiger partial charge on any atom is 0.0568 e. The summed E-state index contributed by atoms with van der Waals surface area (Å²) >= 11 is 0. The van der Waals surface area contributed by atoms with E-state index in [2.05, 4.69) is 71.5 Å². The Balaban J connectivity index is 1.70. The number of nitrogens with zero attached hydrogens (tertiary/aromatic N) is 4. The predicted octanol–water partition coefficient (Wildman–Crippen LogP) is 5.37. The van der Waals surface area contributed by atoms with Crippen molar-refractivity contribution in [1.82, 2.24) is 19.7 Å². The SMILES string of the molecule is CC(C)Cn1cc(-c2ccccc2CC(c2ccccn2)c2ccccn2)cn1. The normalized spacial score (nSPS) is 11.3. The molecule has 4 rings (SSSR count). The Labute approximate surface area is 172 Å². The molecule has 0 amide bonds. The molecule has 0 fully saturated rings. The van der Waals surface area contributed by atoms with Crippen molar-refractivity contribution in [3.8, 4) is 11.1 Å². The van der Waals surface area contributed by atoms with Crippen LogP contribution in [0.25, 0.3) is 11.1 Å². The second-order valence-electron chi connectivity index (χ2n) is 7.77. The maximum absolute atomic E-state index is 4.63. The second-order valence-corrected chi connectivity index (χ2v) is 7.77. The Morgan fingerprint density at radius 1 is 0.828 bits per heavy atom. The van der Waals surface area contributed by atoms with Crippen molar-refractivity contribution in [2.24, 2.45) is 5.92 Å². The van der Waals surface area contributed by atoms with Gasteiger partial charge < -0.3 is 0 Å². The van der Waals surface area contributed by atoms with Crippen LogP contribution in [0.5, 0.6) is 0 Å². The van der Waals surface area contributed by atoms with Crippen molar-refractivity contribution >= 4 is 0 Å². The molecule has 3 heterocycles. The van der Waals surface area contributed by atoms with Crippen LogP contribution in [0.4, 0.5) is 0 Å². The van der Waals surface area contributed by atoms with E-state index in [1.807, 2.05) is 47.5 Å². The van der Waals surface area contributed by atoms with E-state index in [1.165, 1.54) is 11.1 Å². The van der Waals surface area contributed by atoms with Gasteiger partial charge in [-0.3, -0.25) is 14.6 Å². The van der Waals surface area contributed by atoms with Crippen LogP contribution < -0.4 is 0 Å². The van der Waals surface area contributed by atoms with Crippen molar-refractivity contribution < 1.29 is 0 Å². The molecule has 0 N–H and O–H groups in total. The van der Waals surface area contributed by atoms with Crippen molar-refractivity contribution in [1.29, 1.82) is 0 Å². The highest BCUT2D eigenvalue weighted by molar-refractivity contribution is 5.66. The minimum absolute atomic E-state index is 0.101. The summed E-state index contributed by atoms with van der Waals surface area (Å²) in [5.74, 6) is 0.667. The molecule has 29 heavy (non-hydrogen) atoms. The lowest BCUT2D eigenvalue weighted by atomic mass is 9.89. The van der Waals surface area contributed by atoms with Gasteiger partial charge in [0, 0.05) is 48.0 Å². The van der Waals surface area contributed by atoms with Gasteiger partial charge in [0.15, 0.2) is 0 Å². The molecule has 1 aromatic carbocycles. The van der Waals surface area contributed by atoms with E-state index >= 15 is 0 Å². The van der Waals surface area contributed by atoms with Crippen LogP contribution in [0, 0.1) is 5.92 Å². The number of pyridine rings is 2. The molecule has 0 atom stereocenters. The van der Waals surface area contributed by atoms with Crippen LogP contribution >= 0.6 is 0 Å². The van der Waals surface area contributed by atoms with Crippen molar-refractivity contribution in [2.45, 2.75) is 32.7 Å². The van der Waals surface area contributed by atoms with Gasteiger partial charge in [0.05, 0.1) is 6.20 Å². The summed E-state index contributed by atoms with van der Waals surface area (Å²) in [5.41, 5.74) is 5.73. The van der Waals surface area contributed by atoms with Gasteiger partial charge in [-0.05, 0) is 47.7 Å². The first-order chi connectivity index (χ1) is 14.2. The summed E-state index contributed by atoms with van der Waals surface area (Å²) in [4.78, 5) is 9.27. The van der Waals surface area contributed by atoms with E-state index in [0.717, 1.165) is 29.9 Å². The molecule has 4 aromatic rings. The fraction of sp³-hybridized carbons (Fsp3) is 0.240. The monoisotopic (exact) mass is 382 g/mol. The van der Waals surface area contributed by atoms with Gasteiger partial charge in [-0.25, -0.2) is 0 Å². The Hall–Kier alpha value is -3.27. The zero-order valence-corrected chi connectivity index (χ0v) is 16.9. The molecule has 0 unspecified atom stereocenters. The summed E-state index contributed by atoms with van der Waals surface area (Å²) in [7, 11) is 0. The first kappa shape index (κ1) is 19.1. The largest absolute Gasteiger partial charge is 0.272 e. The Morgan fingerprint density at radius 3 is 2.10 bits per heavy atom. The molecule has 0 aliphatic heterocycles. The standard InChI is InChI=1S/C25H26N4/c1-19(2)17-29-18-21(16-28-29)22-10-4-3-9-20(22)15-23(24-11-5-7-13-26-24)25-12-6-8-14-27-25/h3-14,16,18-19,23H,15,17H2,1-2H3. The lowest BCUT2D eigenvalue weighted by Gasteiger charge is -2.18. The zero-order chi connectivity index (χ0) is 20.1. The summed E-state index contributed by atoms with van der Waals surface area (Å²) < 4.78 is 2.03. The van der Waals surface area contributed by atoms with Crippen LogP contribution in [-0.2, 0) is 13.0 Å². The molecule has 0 aliphatic rings. The van der Waals surface area contributed by atoms with Gasteiger partial charge in [0.1, 0.15) is 0 Å². The molecule has 0 bridgehead atoms. The first-order valence-electron chi connectivity index (χ1n) is 10.1. The average Bonchev–Trinajstić information content (AvgIpc) is 3.21. The van der Waals surface area contributed by atoms with Crippen molar-refractivity contribution in [3.05, 3.63) is 102 Å². The van der Waals surface area contributed by atoms with Crippen molar-refractivity contribution in [2.75, 3.05) is 0 Å². The van der Waals surface area contributed by atoms with E-state index in [0.29, 0.717) is 5.92 Å². The summed E-state index contributed by atoms with van der Waals surface area (Å²) in [6.07, 6.45) is 8.66. The minimum atomic E-state index is 0.101. The number of hydrogen-bond acceptors (Lipinski definition) is 3. The van der Waals surface area contributed by atoms with Gasteiger partial charge in [-0.15, -0.1) is 0 Å². The van der Waals surface area contributed by atoms with E-state index in [4.69, 9.17) is 0 Å². The summed E-state index contributed by atoms with van der Waals surface area (Å²) in [6, 6.07) is 20.7. The molecule has 0 aliphatic carbocycles. The van der Waals surface area contributed by atoms with E-state index in [9.17, 15) is 0 Å². The molecule has 0 saturated carbocycles. The predicted molar refractivity (Wildman–Crippen MR) is 117 cm³/mol. The van der Waals surface area contributed by atoms with Crippen molar-refractivity contribution in [3.63, 3.8) is 0 Å². The van der Waals surface area contributed by atoms with Gasteiger partial charge in [-0.1, -0.05) is 50.2 Å². The topological polar surface area (TPSA) is 43.6 Å². The number of benzene rings is 1. The molecule has 0 saturated heterocycles. The smallest absolute Gasteiger partial charge is 0.0568 e. The second kappa shape index (κ2) is 8.82. The van der Waals surface area contributed by atoms with Gasteiger partial charge >= 0.3 is 0 Å². The van der Waals surface area contributed by atoms with Crippen LogP contribution in [0.1, 0.15) is 36.7 Å². The minimum Gasteiger partial charge on any atom is -0.272 e. The third kappa shape index (κ3) is 4.60. The lowest BCUT2D eigenvalue weighted by molar-refractivity contribution is 0.483. The van der Waals surface area contributed by atoms with Gasteiger partial charge in [-0.2, -0.15) is 5.10 Å². The molecular formula is C25H26N4. The Bertz CT molecular complexity index is 999. The lowest BCUT2D eigenvalue weighted by Crippen LogP contribution is -2.09. The fourth-order valence-electron chi connectivity index (χ4n) is 3.70. The Kier molecular flexibility index (Phi) is 5.80. The molecule has 3 aromatic heterocycles. The van der Waals surface area contributed by atoms with E-state index in [1.54, 1.807) is 0 Å². The number of hydrogen-bond donors (Lipinski definition) is 0. The maximum atomic E-state index is 4.63. The third-order valence-corrected chi connectivity index (χ3v) is 5.03. The molecule has 0 radical (unpaired) electrons. The zero-order valence-electron chi connectivity index (χ0n) is 16.9. The van der Waals surface area contributed by atoms with Crippen LogP contribution in [-0.4, -0.2) is 19.7 Å². The fourth-order valence-corrected chi connectivity index (χ4v) is 3.70. The molecular weight excluding hydrogens is 356 g/mol. The van der Waals surface area contributed by atoms with E-state index < -0.39 is 0 Å². The average molecular weight is 383 g/mol. The molecule has 146 valence electrons. The highest BCUT2D eigenvalue weighted by atomic mass is 15.3. The molecule has 0 spiro atoms. The number of rotatable bonds is 7. The quantitative estimate of drug-likeness (QED) is 0.431. The van der Waals surface area contributed by atoms with Crippen LogP contribution in [0.3, 0.4) is 0 Å². The Morgan fingerprint density at radius 2 is 1.48 bits per heavy atom. The first-order valence-corrected chi connectivity index (χ1v) is 10.1.